The summed E-state index contributed by atoms with van der Waals surface area (Å²) in [7, 11) is -4.07. The molecule has 0 aliphatic rings. The second-order valence-corrected chi connectivity index (χ2v) is 10.5. The summed E-state index contributed by atoms with van der Waals surface area (Å²) in [6.45, 7) is 6.32. The van der Waals surface area contributed by atoms with Gasteiger partial charge in [-0.1, -0.05) is 30.7 Å². The number of nitrogens with one attached hydrogen (secondary N) is 2. The average molecular weight is 527 g/mol. The smallest absolute Gasteiger partial charge is 0.328 e. The third-order valence-electron chi connectivity index (χ3n) is 5.72. The van der Waals surface area contributed by atoms with Crippen molar-refractivity contribution in [1.82, 2.24) is 24.6 Å². The van der Waals surface area contributed by atoms with E-state index in [0.29, 0.717) is 6.42 Å². The molecule has 11 heteroatoms. The summed E-state index contributed by atoms with van der Waals surface area (Å²) >= 11 is 5.88. The number of urea groups is 1. The van der Waals surface area contributed by atoms with Crippen LogP contribution in [0.5, 0.6) is 0 Å². The van der Waals surface area contributed by atoms with Crippen LogP contribution < -0.4 is 15.8 Å². The number of pyridine rings is 1. The summed E-state index contributed by atoms with van der Waals surface area (Å²) in [6, 6.07) is 13.0. The fourth-order valence-electron chi connectivity index (χ4n) is 3.94. The Morgan fingerprint density at radius 2 is 1.81 bits per heavy atom. The maximum atomic E-state index is 12.4. The van der Waals surface area contributed by atoms with Gasteiger partial charge in [0.2, 0.25) is 0 Å². The van der Waals surface area contributed by atoms with Gasteiger partial charge >= 0.3 is 6.03 Å². The van der Waals surface area contributed by atoms with Crippen LogP contribution in [0.2, 0.25) is 5.02 Å². The zero-order chi connectivity index (χ0) is 26.0. The Balaban J connectivity index is 1.41. The number of halogens is 1. The molecule has 0 saturated carbocycles. The number of imidazole rings is 1. The minimum atomic E-state index is -4.07. The number of aryl methyl sites for hydroxylation is 3. The van der Waals surface area contributed by atoms with Crippen LogP contribution in [0.4, 0.5) is 10.5 Å². The molecule has 0 aliphatic carbocycles. The summed E-state index contributed by atoms with van der Waals surface area (Å²) in [5, 5.41) is 2.66. The number of amides is 2. The molecule has 0 atom stereocenters. The predicted molar refractivity (Wildman–Crippen MR) is 141 cm³/mol. The summed E-state index contributed by atoms with van der Waals surface area (Å²) in [5.74, 6) is 0.931. The molecule has 0 spiro atoms. The van der Waals surface area contributed by atoms with Crippen LogP contribution in [0.25, 0.3) is 16.9 Å². The summed E-state index contributed by atoms with van der Waals surface area (Å²) in [5.41, 5.74) is 11.5. The lowest BCUT2D eigenvalue weighted by atomic mass is 10.1. The molecular formula is C25H27ClN6O3S. The van der Waals surface area contributed by atoms with Crippen molar-refractivity contribution in [3.8, 4) is 5.69 Å². The first-order valence-corrected chi connectivity index (χ1v) is 13.3. The molecule has 4 N–H and O–H groups in total. The highest BCUT2D eigenvalue weighted by Gasteiger charge is 2.19. The van der Waals surface area contributed by atoms with Gasteiger partial charge in [0.15, 0.2) is 5.65 Å². The van der Waals surface area contributed by atoms with Crippen molar-refractivity contribution in [1.29, 1.82) is 0 Å². The Labute approximate surface area is 214 Å². The van der Waals surface area contributed by atoms with E-state index in [2.05, 4.69) is 16.8 Å². The van der Waals surface area contributed by atoms with E-state index in [1.165, 1.54) is 18.2 Å². The Morgan fingerprint density at radius 1 is 1.08 bits per heavy atom. The lowest BCUT2D eigenvalue weighted by Gasteiger charge is -2.11. The lowest BCUT2D eigenvalue weighted by molar-refractivity contribution is 0.246. The second kappa shape index (κ2) is 10.2. The molecule has 188 valence electrons. The van der Waals surface area contributed by atoms with E-state index < -0.39 is 16.1 Å². The minimum Gasteiger partial charge on any atom is -0.398 e. The van der Waals surface area contributed by atoms with Gasteiger partial charge in [-0.15, -0.1) is 0 Å². The van der Waals surface area contributed by atoms with Crippen LogP contribution >= 0.6 is 11.6 Å². The first-order chi connectivity index (χ1) is 17.1. The molecule has 0 unspecified atom stereocenters. The Morgan fingerprint density at radius 3 is 2.47 bits per heavy atom. The van der Waals surface area contributed by atoms with Crippen molar-refractivity contribution in [3.05, 3.63) is 76.2 Å². The highest BCUT2D eigenvalue weighted by Crippen LogP contribution is 2.24. The maximum Gasteiger partial charge on any atom is 0.328 e. The number of nitrogens with zero attached hydrogens (tertiary/aromatic N) is 3. The van der Waals surface area contributed by atoms with Crippen molar-refractivity contribution in [3.63, 3.8) is 0 Å². The van der Waals surface area contributed by atoms with Crippen LogP contribution in [0.15, 0.2) is 53.4 Å². The van der Waals surface area contributed by atoms with Gasteiger partial charge < -0.3 is 11.1 Å². The molecule has 4 rings (SSSR count). The van der Waals surface area contributed by atoms with Crippen molar-refractivity contribution in [2.45, 2.75) is 38.5 Å². The number of sulfonamides is 1. The third-order valence-corrected chi connectivity index (χ3v) is 7.38. The fraction of sp³-hybridized carbons (Fsp3) is 0.240. The molecular weight excluding hydrogens is 500 g/mol. The number of nitrogen functional groups attached to an aromatic ring is 1. The molecule has 0 saturated heterocycles. The molecule has 2 aromatic carbocycles. The van der Waals surface area contributed by atoms with Gasteiger partial charge in [-0.25, -0.2) is 27.9 Å². The van der Waals surface area contributed by atoms with E-state index in [-0.39, 0.29) is 22.2 Å². The molecule has 2 heterocycles. The quantitative estimate of drug-likeness (QED) is 0.311. The normalized spacial score (nSPS) is 11.6. The number of anilines is 1. The first kappa shape index (κ1) is 25.5. The summed E-state index contributed by atoms with van der Waals surface area (Å²) < 4.78 is 28.8. The van der Waals surface area contributed by atoms with Gasteiger partial charge in [-0.3, -0.25) is 4.57 Å². The number of hydrogen-bond acceptors (Lipinski definition) is 6. The molecule has 36 heavy (non-hydrogen) atoms. The van der Waals surface area contributed by atoms with Gasteiger partial charge in [0.1, 0.15) is 11.3 Å². The van der Waals surface area contributed by atoms with Gasteiger partial charge in [0.25, 0.3) is 10.0 Å². The van der Waals surface area contributed by atoms with E-state index in [4.69, 9.17) is 27.3 Å². The van der Waals surface area contributed by atoms with Crippen molar-refractivity contribution >= 4 is 44.5 Å². The largest absolute Gasteiger partial charge is 0.398 e. The van der Waals surface area contributed by atoms with Crippen LogP contribution in [0.3, 0.4) is 0 Å². The number of carbonyl (C=O) groups is 1. The van der Waals surface area contributed by atoms with Crippen LogP contribution in [0.1, 0.15) is 29.6 Å². The second-order valence-electron chi connectivity index (χ2n) is 8.43. The number of benzene rings is 2. The highest BCUT2D eigenvalue weighted by molar-refractivity contribution is 7.90. The molecule has 2 amide bonds. The summed E-state index contributed by atoms with van der Waals surface area (Å²) in [6.07, 6.45) is 1.28. The number of carbonyl (C=O) groups excluding carboxylic acids is 1. The standard InChI is InChI=1S/C25H27ClN6O3S/c1-4-22-30-23-15(2)13-16(3)29-24(23)32(22)18-7-5-17(6-8-18)11-12-28-25(33)31-36(34,35)19-9-10-21(27)20(26)14-19/h5-10,13-14H,4,11-12,27H2,1-3H3,(H2,28,31,33). The van der Waals surface area contributed by atoms with Crippen LogP contribution in [-0.2, 0) is 22.9 Å². The predicted octanol–water partition coefficient (Wildman–Crippen LogP) is 4.07. The van der Waals surface area contributed by atoms with Crippen molar-refractivity contribution < 1.29 is 13.2 Å². The molecule has 0 bridgehead atoms. The zero-order valence-electron chi connectivity index (χ0n) is 20.2. The topological polar surface area (TPSA) is 132 Å². The monoisotopic (exact) mass is 526 g/mol. The molecule has 4 aromatic rings. The Bertz CT molecular complexity index is 1550. The molecule has 0 radical (unpaired) electrons. The molecule has 0 aliphatic heterocycles. The van der Waals surface area contributed by atoms with Gasteiger partial charge in [0.05, 0.1) is 15.6 Å². The number of rotatable bonds is 7. The van der Waals surface area contributed by atoms with E-state index in [0.717, 1.165) is 45.9 Å². The van der Waals surface area contributed by atoms with E-state index >= 15 is 0 Å². The van der Waals surface area contributed by atoms with E-state index in [1.54, 1.807) is 0 Å². The van der Waals surface area contributed by atoms with E-state index in [9.17, 15) is 13.2 Å². The number of aromatic nitrogens is 3. The van der Waals surface area contributed by atoms with Crippen LogP contribution in [-0.4, -0.2) is 35.5 Å². The van der Waals surface area contributed by atoms with Gasteiger partial charge in [0, 0.05) is 24.3 Å². The minimum absolute atomic E-state index is 0.0949. The van der Waals surface area contributed by atoms with Crippen molar-refractivity contribution in [2.24, 2.45) is 0 Å². The van der Waals surface area contributed by atoms with Crippen LogP contribution in [0, 0.1) is 13.8 Å². The zero-order valence-corrected chi connectivity index (χ0v) is 21.7. The maximum absolute atomic E-state index is 12.4. The Kier molecular flexibility index (Phi) is 7.18. The molecule has 9 nitrogen and oxygen atoms in total. The molecule has 0 fully saturated rings. The number of fused-ring (bicyclic) bond motifs is 1. The SMILES string of the molecule is CCc1nc2c(C)cc(C)nc2n1-c1ccc(CCNC(=O)NS(=O)(=O)c2ccc(N)c(Cl)c2)cc1. The average Bonchev–Trinajstić information content (AvgIpc) is 3.19. The number of hydrogen-bond donors (Lipinski definition) is 3. The fourth-order valence-corrected chi connectivity index (χ4v) is 5.14. The van der Waals surface area contributed by atoms with Gasteiger partial charge in [-0.05, 0) is 67.8 Å². The molecule has 2 aromatic heterocycles. The van der Waals surface area contributed by atoms with Gasteiger partial charge in [-0.2, -0.15) is 0 Å². The summed E-state index contributed by atoms with van der Waals surface area (Å²) in [4.78, 5) is 21.5. The highest BCUT2D eigenvalue weighted by atomic mass is 35.5. The first-order valence-electron chi connectivity index (χ1n) is 11.4. The van der Waals surface area contributed by atoms with E-state index in [1.807, 2.05) is 48.9 Å². The Hall–Kier alpha value is -3.63. The number of nitrogens with two attached hydrogens (primary N) is 1. The van der Waals surface area contributed by atoms with Crippen molar-refractivity contribution in [2.75, 3.05) is 12.3 Å². The lowest BCUT2D eigenvalue weighted by Crippen LogP contribution is -2.40. The third kappa shape index (κ3) is 5.29.